The molecule has 7 nitrogen and oxygen atoms in total. The van der Waals surface area contributed by atoms with Gasteiger partial charge in [-0.1, -0.05) is 17.7 Å². The fourth-order valence-corrected chi connectivity index (χ4v) is 4.28. The first-order chi connectivity index (χ1) is 12.2. The van der Waals surface area contributed by atoms with Crippen LogP contribution < -0.4 is 15.4 Å². The Hall–Kier alpha value is -2.58. The van der Waals surface area contributed by atoms with Gasteiger partial charge in [0.25, 0.3) is 10.0 Å². The number of carbonyl (C=O) groups is 2. The predicted octanol–water partition coefficient (Wildman–Crippen LogP) is 2.90. The van der Waals surface area contributed by atoms with Gasteiger partial charge in [0.15, 0.2) is 0 Å². The van der Waals surface area contributed by atoms with E-state index in [2.05, 4.69) is 15.4 Å². The van der Waals surface area contributed by atoms with E-state index >= 15 is 0 Å². The topological polar surface area (TPSA) is 104 Å². The molecule has 0 aliphatic carbocycles. The summed E-state index contributed by atoms with van der Waals surface area (Å²) >= 11 is 6.10. The molecule has 0 aromatic heterocycles. The van der Waals surface area contributed by atoms with Gasteiger partial charge in [0.2, 0.25) is 11.8 Å². The molecule has 2 amide bonds. The molecular formula is C17H16ClN3O4S. The summed E-state index contributed by atoms with van der Waals surface area (Å²) in [4.78, 5) is 22.6. The van der Waals surface area contributed by atoms with Crippen LogP contribution in [0.4, 0.5) is 17.1 Å². The van der Waals surface area contributed by atoms with Crippen molar-refractivity contribution in [1.29, 1.82) is 0 Å². The Morgan fingerprint density at radius 2 is 1.96 bits per heavy atom. The molecule has 1 heterocycles. The quantitative estimate of drug-likeness (QED) is 0.742. The van der Waals surface area contributed by atoms with Crippen LogP contribution in [0, 0.1) is 6.92 Å². The highest BCUT2D eigenvalue weighted by Crippen LogP contribution is 2.33. The van der Waals surface area contributed by atoms with E-state index in [1.54, 1.807) is 19.1 Å². The van der Waals surface area contributed by atoms with E-state index in [9.17, 15) is 18.0 Å². The van der Waals surface area contributed by atoms with E-state index in [1.807, 2.05) is 0 Å². The maximum atomic E-state index is 12.7. The molecule has 0 spiro atoms. The lowest BCUT2D eigenvalue weighted by molar-refractivity contribution is -0.115. The standard InChI is InChI=1S/C17H16ClN3O4S/c1-9-3-4-12(7-14(9)19-10(2)22)21-26(24,25)16-5-11-6-17(23)20-15(11)8-13(16)18/h3-5,7-8,21H,6H2,1-2H3,(H,19,22)(H,20,23). The summed E-state index contributed by atoms with van der Waals surface area (Å²) in [5, 5.41) is 5.27. The number of halogens is 1. The molecule has 3 rings (SSSR count). The Balaban J connectivity index is 1.94. The minimum atomic E-state index is -3.97. The number of amides is 2. The average Bonchev–Trinajstić information content (AvgIpc) is 2.88. The molecule has 1 aliphatic rings. The molecule has 136 valence electrons. The molecule has 2 aromatic rings. The highest BCUT2D eigenvalue weighted by molar-refractivity contribution is 7.92. The normalized spacial score (nSPS) is 13.1. The Labute approximate surface area is 155 Å². The maximum absolute atomic E-state index is 12.7. The first-order valence-electron chi connectivity index (χ1n) is 7.69. The van der Waals surface area contributed by atoms with Crippen LogP contribution in [-0.4, -0.2) is 20.2 Å². The van der Waals surface area contributed by atoms with Gasteiger partial charge in [-0.15, -0.1) is 0 Å². The second kappa shape index (κ2) is 6.62. The maximum Gasteiger partial charge on any atom is 0.263 e. The molecule has 0 saturated carbocycles. The van der Waals surface area contributed by atoms with Crippen molar-refractivity contribution in [2.24, 2.45) is 0 Å². The molecule has 3 N–H and O–H groups in total. The molecule has 0 saturated heterocycles. The van der Waals surface area contributed by atoms with E-state index in [-0.39, 0.29) is 33.8 Å². The highest BCUT2D eigenvalue weighted by atomic mass is 35.5. The SMILES string of the molecule is CC(=O)Nc1cc(NS(=O)(=O)c2cc3c(cc2Cl)NC(=O)C3)ccc1C. The van der Waals surface area contributed by atoms with E-state index in [4.69, 9.17) is 11.6 Å². The van der Waals surface area contributed by atoms with Crippen molar-refractivity contribution in [2.45, 2.75) is 25.2 Å². The van der Waals surface area contributed by atoms with Gasteiger partial charge in [-0.25, -0.2) is 8.42 Å². The lowest BCUT2D eigenvalue weighted by Crippen LogP contribution is -2.14. The summed E-state index contributed by atoms with van der Waals surface area (Å²) in [6.45, 7) is 3.17. The number of nitrogens with one attached hydrogen (secondary N) is 3. The third-order valence-corrected chi connectivity index (χ3v) is 5.72. The number of anilines is 3. The average molecular weight is 394 g/mol. The smallest absolute Gasteiger partial charge is 0.263 e. The van der Waals surface area contributed by atoms with Crippen LogP contribution in [0.15, 0.2) is 35.2 Å². The van der Waals surface area contributed by atoms with Gasteiger partial charge in [-0.05, 0) is 42.3 Å². The zero-order valence-corrected chi connectivity index (χ0v) is 15.6. The van der Waals surface area contributed by atoms with Crippen molar-refractivity contribution in [3.05, 3.63) is 46.5 Å². The third kappa shape index (κ3) is 3.66. The van der Waals surface area contributed by atoms with E-state index in [1.165, 1.54) is 25.1 Å². The molecule has 9 heteroatoms. The van der Waals surface area contributed by atoms with Gasteiger partial charge in [0.1, 0.15) is 4.90 Å². The molecule has 26 heavy (non-hydrogen) atoms. The van der Waals surface area contributed by atoms with Crippen LogP contribution in [0.1, 0.15) is 18.1 Å². The lowest BCUT2D eigenvalue weighted by Gasteiger charge is -2.13. The Kier molecular flexibility index (Phi) is 4.64. The Bertz CT molecular complexity index is 1030. The van der Waals surface area contributed by atoms with Crippen molar-refractivity contribution >= 4 is 50.5 Å². The van der Waals surface area contributed by atoms with Crippen molar-refractivity contribution in [1.82, 2.24) is 0 Å². The number of benzene rings is 2. The van der Waals surface area contributed by atoms with Crippen molar-refractivity contribution in [3.63, 3.8) is 0 Å². The number of rotatable bonds is 4. The van der Waals surface area contributed by atoms with Crippen LogP contribution in [0.25, 0.3) is 0 Å². The van der Waals surface area contributed by atoms with E-state index < -0.39 is 10.0 Å². The second-order valence-corrected chi connectivity index (χ2v) is 8.04. The van der Waals surface area contributed by atoms with Crippen LogP contribution in [0.2, 0.25) is 5.02 Å². The van der Waals surface area contributed by atoms with E-state index in [0.717, 1.165) is 5.56 Å². The Morgan fingerprint density at radius 1 is 1.23 bits per heavy atom. The number of fused-ring (bicyclic) bond motifs is 1. The van der Waals surface area contributed by atoms with Gasteiger partial charge in [-0.2, -0.15) is 0 Å². The van der Waals surface area contributed by atoms with Gasteiger partial charge in [0, 0.05) is 18.3 Å². The first kappa shape index (κ1) is 18.2. The van der Waals surface area contributed by atoms with Crippen LogP contribution in [0.3, 0.4) is 0 Å². The fourth-order valence-electron chi connectivity index (χ4n) is 2.65. The molecule has 2 aromatic carbocycles. The van der Waals surface area contributed by atoms with Crippen molar-refractivity contribution in [2.75, 3.05) is 15.4 Å². The molecule has 1 aliphatic heterocycles. The number of hydrogen-bond donors (Lipinski definition) is 3. The predicted molar refractivity (Wildman–Crippen MR) is 100 cm³/mol. The summed E-state index contributed by atoms with van der Waals surface area (Å²) in [7, 11) is -3.97. The number of sulfonamides is 1. The zero-order valence-electron chi connectivity index (χ0n) is 14.0. The summed E-state index contributed by atoms with van der Waals surface area (Å²) in [5.74, 6) is -0.469. The second-order valence-electron chi connectivity index (χ2n) is 5.98. The molecular weight excluding hydrogens is 378 g/mol. The number of carbonyl (C=O) groups excluding carboxylic acids is 2. The number of hydrogen-bond acceptors (Lipinski definition) is 4. The molecule has 0 atom stereocenters. The minimum absolute atomic E-state index is 0.00708. The number of aryl methyl sites for hydroxylation is 1. The Morgan fingerprint density at radius 3 is 2.65 bits per heavy atom. The highest BCUT2D eigenvalue weighted by Gasteiger charge is 2.25. The minimum Gasteiger partial charge on any atom is -0.326 e. The van der Waals surface area contributed by atoms with Gasteiger partial charge in [-0.3, -0.25) is 14.3 Å². The first-order valence-corrected chi connectivity index (χ1v) is 9.55. The van der Waals surface area contributed by atoms with Crippen LogP contribution >= 0.6 is 11.6 Å². The summed E-state index contributed by atoms with van der Waals surface area (Å²) in [5.41, 5.74) is 2.67. The summed E-state index contributed by atoms with van der Waals surface area (Å²) in [6, 6.07) is 7.62. The van der Waals surface area contributed by atoms with Gasteiger partial charge >= 0.3 is 0 Å². The monoisotopic (exact) mass is 393 g/mol. The fraction of sp³-hybridized carbons (Fsp3) is 0.176. The zero-order chi connectivity index (χ0) is 19.1. The van der Waals surface area contributed by atoms with Gasteiger partial charge in [0.05, 0.1) is 17.1 Å². The van der Waals surface area contributed by atoms with Crippen LogP contribution in [-0.2, 0) is 26.0 Å². The van der Waals surface area contributed by atoms with E-state index in [0.29, 0.717) is 16.9 Å². The largest absolute Gasteiger partial charge is 0.326 e. The van der Waals surface area contributed by atoms with Crippen molar-refractivity contribution in [3.8, 4) is 0 Å². The lowest BCUT2D eigenvalue weighted by atomic mass is 10.2. The molecule has 0 fully saturated rings. The summed E-state index contributed by atoms with van der Waals surface area (Å²) in [6.07, 6.45) is 0.103. The molecule has 0 unspecified atom stereocenters. The van der Waals surface area contributed by atoms with Crippen LogP contribution in [0.5, 0.6) is 0 Å². The molecule has 0 bridgehead atoms. The van der Waals surface area contributed by atoms with Gasteiger partial charge < -0.3 is 10.6 Å². The van der Waals surface area contributed by atoms with Crippen molar-refractivity contribution < 1.29 is 18.0 Å². The summed E-state index contributed by atoms with van der Waals surface area (Å²) < 4.78 is 27.9. The molecule has 0 radical (unpaired) electrons. The third-order valence-electron chi connectivity index (χ3n) is 3.87.